The summed E-state index contributed by atoms with van der Waals surface area (Å²) in [5.41, 5.74) is 0.903. The molecule has 2 rings (SSSR count). The van der Waals surface area contributed by atoms with Gasteiger partial charge in [-0.25, -0.2) is 0 Å². The van der Waals surface area contributed by atoms with E-state index in [0.29, 0.717) is 13.0 Å². The number of carbonyl (C=O) groups excluding carboxylic acids is 1. The summed E-state index contributed by atoms with van der Waals surface area (Å²) in [6.07, 6.45) is 0.328. The lowest BCUT2D eigenvalue weighted by atomic mass is 10.1. The van der Waals surface area contributed by atoms with Crippen LogP contribution in [0.2, 0.25) is 0 Å². The molecule has 0 bridgehead atoms. The highest BCUT2D eigenvalue weighted by Crippen LogP contribution is 2.22. The summed E-state index contributed by atoms with van der Waals surface area (Å²) < 4.78 is 5.28. The molecule has 4 nitrogen and oxygen atoms in total. The Hall–Kier alpha value is -1.85. The van der Waals surface area contributed by atoms with Crippen LogP contribution in [-0.4, -0.2) is 38.6 Å². The lowest BCUT2D eigenvalue weighted by molar-refractivity contribution is -0.120. The molecule has 1 N–H and O–H groups in total. The molecule has 0 spiro atoms. The Morgan fingerprint density at radius 2 is 2.05 bits per heavy atom. The number of nitrogens with one attached hydrogen (secondary N) is 1. The van der Waals surface area contributed by atoms with Crippen LogP contribution in [-0.2, 0) is 11.2 Å². The van der Waals surface area contributed by atoms with E-state index in [9.17, 15) is 4.79 Å². The van der Waals surface area contributed by atoms with E-state index in [1.165, 1.54) is 4.88 Å². The Morgan fingerprint density at radius 1 is 1.27 bits per heavy atom. The van der Waals surface area contributed by atoms with Gasteiger partial charge in [0.25, 0.3) is 0 Å². The van der Waals surface area contributed by atoms with E-state index in [1.807, 2.05) is 44.4 Å². The lowest BCUT2D eigenvalue weighted by Crippen LogP contribution is -2.35. The van der Waals surface area contributed by atoms with Crippen LogP contribution in [0.3, 0.4) is 0 Å². The van der Waals surface area contributed by atoms with E-state index < -0.39 is 0 Å². The second-order valence-electron chi connectivity index (χ2n) is 5.29. The zero-order valence-electron chi connectivity index (χ0n) is 13.2. The molecule has 5 heteroatoms. The Balaban J connectivity index is 1.94. The first-order chi connectivity index (χ1) is 10.6. The van der Waals surface area contributed by atoms with Crippen molar-refractivity contribution in [2.24, 2.45) is 0 Å². The molecule has 0 aliphatic carbocycles. The van der Waals surface area contributed by atoms with E-state index in [0.717, 1.165) is 11.3 Å². The number of nitrogens with zero attached hydrogens (tertiary/aromatic N) is 1. The summed E-state index contributed by atoms with van der Waals surface area (Å²) >= 11 is 1.71. The molecule has 1 aromatic carbocycles. The summed E-state index contributed by atoms with van der Waals surface area (Å²) in [7, 11) is 5.67. The highest BCUT2D eigenvalue weighted by Gasteiger charge is 2.16. The van der Waals surface area contributed by atoms with Gasteiger partial charge in [-0.2, -0.15) is 0 Å². The van der Waals surface area contributed by atoms with Gasteiger partial charge in [-0.15, -0.1) is 11.3 Å². The third kappa shape index (κ3) is 4.32. The number of benzene rings is 1. The van der Waals surface area contributed by atoms with Crippen molar-refractivity contribution in [2.45, 2.75) is 12.5 Å². The minimum atomic E-state index is 0.00732. The Labute approximate surface area is 135 Å². The number of likely N-dealkylation sites (N-methyl/N-ethyl adjacent to an activating group) is 1. The molecule has 0 saturated carbocycles. The lowest BCUT2D eigenvalue weighted by Gasteiger charge is -2.23. The molecular formula is C17H22N2O2S. The maximum absolute atomic E-state index is 12.2. The fourth-order valence-electron chi connectivity index (χ4n) is 2.31. The van der Waals surface area contributed by atoms with Crippen LogP contribution in [0.25, 0.3) is 0 Å². The molecule has 1 aromatic heterocycles. The van der Waals surface area contributed by atoms with E-state index in [4.69, 9.17) is 4.74 Å². The zero-order chi connectivity index (χ0) is 15.9. The number of hydrogen-bond acceptors (Lipinski definition) is 4. The minimum absolute atomic E-state index is 0.00732. The molecule has 1 unspecified atom stereocenters. The average Bonchev–Trinajstić information content (AvgIpc) is 3.01. The zero-order valence-corrected chi connectivity index (χ0v) is 14.0. The van der Waals surface area contributed by atoms with Gasteiger partial charge in [0.2, 0.25) is 5.91 Å². The van der Waals surface area contributed by atoms with Crippen LogP contribution in [0.15, 0.2) is 41.8 Å². The minimum Gasteiger partial charge on any atom is -0.496 e. The van der Waals surface area contributed by atoms with Gasteiger partial charge in [0.05, 0.1) is 19.6 Å². The van der Waals surface area contributed by atoms with Crippen molar-refractivity contribution < 1.29 is 9.53 Å². The summed E-state index contributed by atoms with van der Waals surface area (Å²) in [6, 6.07) is 11.9. The number of ether oxygens (including phenoxy) is 1. The molecule has 118 valence electrons. The van der Waals surface area contributed by atoms with Crippen molar-refractivity contribution in [1.29, 1.82) is 0 Å². The Kier molecular flexibility index (Phi) is 5.98. The fraction of sp³-hybridized carbons (Fsp3) is 0.353. The van der Waals surface area contributed by atoms with Crippen LogP contribution >= 0.6 is 11.3 Å². The van der Waals surface area contributed by atoms with Crippen molar-refractivity contribution in [2.75, 3.05) is 27.7 Å². The molecule has 1 heterocycles. The molecular weight excluding hydrogens is 296 g/mol. The Bertz CT molecular complexity index is 596. The van der Waals surface area contributed by atoms with Gasteiger partial charge in [0.1, 0.15) is 5.75 Å². The second-order valence-corrected chi connectivity index (χ2v) is 6.27. The first-order valence-electron chi connectivity index (χ1n) is 7.20. The van der Waals surface area contributed by atoms with E-state index in [-0.39, 0.29) is 11.9 Å². The van der Waals surface area contributed by atoms with Crippen molar-refractivity contribution >= 4 is 17.2 Å². The van der Waals surface area contributed by atoms with E-state index in [2.05, 4.69) is 21.7 Å². The monoisotopic (exact) mass is 318 g/mol. The molecule has 0 aliphatic rings. The first-order valence-corrected chi connectivity index (χ1v) is 8.08. The maximum Gasteiger partial charge on any atom is 0.224 e. The predicted octanol–water partition coefficient (Wildman–Crippen LogP) is 2.72. The van der Waals surface area contributed by atoms with Crippen LogP contribution < -0.4 is 10.1 Å². The van der Waals surface area contributed by atoms with Crippen LogP contribution in [0.1, 0.15) is 16.5 Å². The molecule has 1 atom stereocenters. The number of methoxy groups -OCH3 is 1. The summed E-state index contributed by atoms with van der Waals surface area (Å²) in [4.78, 5) is 15.6. The number of amides is 1. The average molecular weight is 318 g/mol. The molecule has 0 saturated heterocycles. The number of para-hydroxylation sites is 1. The standard InChI is InChI=1S/C17H22N2O2S/c1-19(2)14(16-9-6-10-22-16)12-18-17(20)11-13-7-4-5-8-15(13)21-3/h4-10,14H,11-12H2,1-3H3,(H,18,20). The summed E-state index contributed by atoms with van der Waals surface area (Å²) in [6.45, 7) is 0.599. The molecule has 0 aliphatic heterocycles. The highest BCUT2D eigenvalue weighted by atomic mass is 32.1. The highest BCUT2D eigenvalue weighted by molar-refractivity contribution is 7.10. The van der Waals surface area contributed by atoms with Crippen molar-refractivity contribution in [3.05, 3.63) is 52.2 Å². The van der Waals surface area contributed by atoms with Gasteiger partial charge in [-0.1, -0.05) is 24.3 Å². The van der Waals surface area contributed by atoms with Gasteiger partial charge >= 0.3 is 0 Å². The van der Waals surface area contributed by atoms with Crippen LogP contribution in [0.4, 0.5) is 0 Å². The first kappa shape index (κ1) is 16.5. The van der Waals surface area contributed by atoms with Gasteiger partial charge in [0, 0.05) is 17.0 Å². The normalized spacial score (nSPS) is 12.2. The van der Waals surface area contributed by atoms with Gasteiger partial charge in [-0.05, 0) is 31.6 Å². The molecule has 0 radical (unpaired) electrons. The van der Waals surface area contributed by atoms with Crippen molar-refractivity contribution in [3.63, 3.8) is 0 Å². The molecule has 1 amide bonds. The summed E-state index contributed by atoms with van der Waals surface area (Å²) in [5, 5.41) is 5.08. The molecule has 2 aromatic rings. The van der Waals surface area contributed by atoms with Gasteiger partial charge < -0.3 is 15.0 Å². The number of rotatable bonds is 7. The van der Waals surface area contributed by atoms with Crippen molar-refractivity contribution in [3.8, 4) is 5.75 Å². The van der Waals surface area contributed by atoms with E-state index in [1.54, 1.807) is 18.4 Å². The largest absolute Gasteiger partial charge is 0.496 e. The van der Waals surface area contributed by atoms with Gasteiger partial charge in [0.15, 0.2) is 0 Å². The smallest absolute Gasteiger partial charge is 0.224 e. The predicted molar refractivity (Wildman–Crippen MR) is 90.5 cm³/mol. The number of hydrogen-bond donors (Lipinski definition) is 1. The summed E-state index contributed by atoms with van der Waals surface area (Å²) in [5.74, 6) is 0.757. The number of carbonyl (C=O) groups is 1. The van der Waals surface area contributed by atoms with Crippen molar-refractivity contribution in [1.82, 2.24) is 10.2 Å². The topological polar surface area (TPSA) is 41.6 Å². The molecule has 22 heavy (non-hydrogen) atoms. The van der Waals surface area contributed by atoms with Gasteiger partial charge in [-0.3, -0.25) is 4.79 Å². The second kappa shape index (κ2) is 7.96. The fourth-order valence-corrected chi connectivity index (χ4v) is 3.24. The molecule has 0 fully saturated rings. The SMILES string of the molecule is COc1ccccc1CC(=O)NCC(c1cccs1)N(C)C. The Morgan fingerprint density at radius 3 is 2.68 bits per heavy atom. The maximum atomic E-state index is 12.2. The van der Waals surface area contributed by atoms with Crippen LogP contribution in [0, 0.1) is 0 Å². The number of thiophene rings is 1. The quantitative estimate of drug-likeness (QED) is 0.853. The third-order valence-corrected chi connectivity index (χ3v) is 4.50. The van der Waals surface area contributed by atoms with E-state index >= 15 is 0 Å². The third-order valence-electron chi connectivity index (χ3n) is 3.53. The van der Waals surface area contributed by atoms with Crippen LogP contribution in [0.5, 0.6) is 5.75 Å².